The molecule has 11 heteroatoms. The monoisotopic (exact) mass is 642 g/mol. The van der Waals surface area contributed by atoms with Gasteiger partial charge in [0.2, 0.25) is 5.91 Å². The van der Waals surface area contributed by atoms with E-state index >= 15 is 0 Å². The predicted octanol–water partition coefficient (Wildman–Crippen LogP) is 4.34. The predicted molar refractivity (Wildman–Crippen MR) is 180 cm³/mol. The minimum absolute atomic E-state index is 0.0678. The topological polar surface area (TPSA) is 91.8 Å². The summed E-state index contributed by atoms with van der Waals surface area (Å²) < 4.78 is 6.34. The third-order valence-corrected chi connectivity index (χ3v) is 10.6. The van der Waals surface area contributed by atoms with Crippen molar-refractivity contribution in [3.63, 3.8) is 0 Å². The van der Waals surface area contributed by atoms with Gasteiger partial charge in [0.1, 0.15) is 18.5 Å². The van der Waals surface area contributed by atoms with Crippen LogP contribution in [0.15, 0.2) is 36.4 Å². The fourth-order valence-corrected chi connectivity index (χ4v) is 7.85. The second-order valence-electron chi connectivity index (χ2n) is 13.4. The Morgan fingerprint density at radius 1 is 1.07 bits per heavy atom. The molecule has 1 aromatic heterocycles. The summed E-state index contributed by atoms with van der Waals surface area (Å²) in [5, 5.41) is 12.7. The van der Waals surface area contributed by atoms with E-state index in [1.807, 2.05) is 17.0 Å². The van der Waals surface area contributed by atoms with Crippen LogP contribution in [-0.4, -0.2) is 108 Å². The van der Waals surface area contributed by atoms with Crippen LogP contribution in [0.5, 0.6) is 6.01 Å². The van der Waals surface area contributed by atoms with E-state index in [0.29, 0.717) is 50.9 Å². The van der Waals surface area contributed by atoms with Gasteiger partial charge in [0.25, 0.3) is 0 Å². The van der Waals surface area contributed by atoms with Gasteiger partial charge < -0.3 is 24.3 Å². The van der Waals surface area contributed by atoms with Gasteiger partial charge in [-0.25, -0.2) is 0 Å². The third kappa shape index (κ3) is 5.96. The molecule has 4 aliphatic heterocycles. The number of likely N-dealkylation sites (tertiary alicyclic amines) is 1. The molecule has 3 fully saturated rings. The van der Waals surface area contributed by atoms with Gasteiger partial charge in [0.05, 0.1) is 35.8 Å². The molecule has 0 radical (unpaired) electrons. The quantitative estimate of drug-likeness (QED) is 0.333. The van der Waals surface area contributed by atoms with Crippen molar-refractivity contribution in [2.75, 3.05) is 62.7 Å². The summed E-state index contributed by atoms with van der Waals surface area (Å²) in [7, 11) is 2.14. The summed E-state index contributed by atoms with van der Waals surface area (Å²) >= 11 is 6.73. The van der Waals surface area contributed by atoms with Crippen LogP contribution in [0, 0.1) is 11.3 Å². The Hall–Kier alpha value is -3.65. The maximum Gasteiger partial charge on any atom is 0.318 e. The summed E-state index contributed by atoms with van der Waals surface area (Å²) in [6, 6.07) is 15.5. The van der Waals surface area contributed by atoms with E-state index in [-0.39, 0.29) is 24.4 Å². The highest BCUT2D eigenvalue weighted by atomic mass is 35.5. The average molecular weight is 643 g/mol. The van der Waals surface area contributed by atoms with Gasteiger partial charge in [0, 0.05) is 61.4 Å². The van der Waals surface area contributed by atoms with E-state index in [1.54, 1.807) is 0 Å². The van der Waals surface area contributed by atoms with Crippen molar-refractivity contribution in [2.45, 2.75) is 70.2 Å². The zero-order chi connectivity index (χ0) is 31.9. The molecule has 3 aromatic rings. The van der Waals surface area contributed by atoms with Gasteiger partial charge in [-0.2, -0.15) is 15.2 Å². The molecule has 4 aliphatic rings. The Kier molecular flexibility index (Phi) is 8.66. The molecule has 3 saturated heterocycles. The van der Waals surface area contributed by atoms with Crippen LogP contribution in [0.2, 0.25) is 5.02 Å². The van der Waals surface area contributed by atoms with E-state index < -0.39 is 0 Å². The number of aromatic nitrogens is 2. The summed E-state index contributed by atoms with van der Waals surface area (Å²) in [5.41, 5.74) is 3.17. The van der Waals surface area contributed by atoms with Gasteiger partial charge in [0.15, 0.2) is 0 Å². The van der Waals surface area contributed by atoms with Gasteiger partial charge in [-0.1, -0.05) is 35.9 Å². The first-order valence-electron chi connectivity index (χ1n) is 16.7. The highest BCUT2D eigenvalue weighted by Crippen LogP contribution is 2.37. The molecule has 2 aromatic carbocycles. The minimum Gasteiger partial charge on any atom is -0.462 e. The standard InChI is InChI=1S/C35H43ClN8O2/c1-23(2)44-21-31(44)34(45)43-18-17-42(19-25(43)12-14-37)33-27-13-16-41(30-11-5-8-24-7-4-10-28(36)32(24)30)20-29(27)38-35(39-33)46-22-26-9-6-15-40(26)3/h4-5,7-8,10-11,23,25-26,31H,6,9,12-13,15-22H2,1-3H3/t25-,26-,31-,44?/m0/s1. The largest absolute Gasteiger partial charge is 0.462 e. The first kappa shape index (κ1) is 31.0. The molecule has 5 heterocycles. The lowest BCUT2D eigenvalue weighted by molar-refractivity contribution is -0.134. The van der Waals surface area contributed by atoms with Crippen molar-refractivity contribution < 1.29 is 9.53 Å². The van der Waals surface area contributed by atoms with Crippen molar-refractivity contribution in [2.24, 2.45) is 0 Å². The van der Waals surface area contributed by atoms with Gasteiger partial charge in [-0.3, -0.25) is 9.69 Å². The molecular formula is C35H43ClN8O2. The summed E-state index contributed by atoms with van der Waals surface area (Å²) in [6.45, 7) is 9.85. The number of benzene rings is 2. The number of halogens is 1. The molecule has 0 aliphatic carbocycles. The number of piperazine rings is 1. The number of fused-ring (bicyclic) bond motifs is 2. The number of carbonyl (C=O) groups excluding carboxylic acids is 1. The zero-order valence-electron chi connectivity index (χ0n) is 27.0. The molecule has 1 amide bonds. The second kappa shape index (κ2) is 12.9. The molecule has 7 rings (SSSR count). The average Bonchev–Trinajstić information content (AvgIpc) is 3.77. The molecule has 0 spiro atoms. The number of anilines is 2. The van der Waals surface area contributed by atoms with Gasteiger partial charge in [-0.15, -0.1) is 0 Å². The van der Waals surface area contributed by atoms with Gasteiger partial charge >= 0.3 is 6.01 Å². The zero-order valence-corrected chi connectivity index (χ0v) is 27.8. The normalized spacial score (nSPS) is 24.7. The second-order valence-corrected chi connectivity index (χ2v) is 13.8. The van der Waals surface area contributed by atoms with Crippen molar-refractivity contribution in [3.05, 3.63) is 52.7 Å². The van der Waals surface area contributed by atoms with E-state index in [9.17, 15) is 10.1 Å². The fourth-order valence-electron chi connectivity index (χ4n) is 7.57. The van der Waals surface area contributed by atoms with E-state index in [4.69, 9.17) is 26.3 Å². The molecule has 1 unspecified atom stereocenters. The van der Waals surface area contributed by atoms with E-state index in [0.717, 1.165) is 71.0 Å². The Morgan fingerprint density at radius 2 is 1.89 bits per heavy atom. The number of nitriles is 1. The van der Waals surface area contributed by atoms with Crippen molar-refractivity contribution >= 4 is 39.8 Å². The Balaban J connectivity index is 1.18. The lowest BCUT2D eigenvalue weighted by Crippen LogP contribution is -2.57. The van der Waals surface area contributed by atoms with Crippen LogP contribution in [0.3, 0.4) is 0 Å². The summed E-state index contributed by atoms with van der Waals surface area (Å²) in [4.78, 5) is 34.7. The highest BCUT2D eigenvalue weighted by molar-refractivity contribution is 6.36. The third-order valence-electron chi connectivity index (χ3n) is 10.3. The smallest absolute Gasteiger partial charge is 0.318 e. The number of nitrogens with zero attached hydrogens (tertiary/aromatic N) is 8. The van der Waals surface area contributed by atoms with Crippen molar-refractivity contribution in [1.82, 2.24) is 24.7 Å². The first-order chi connectivity index (χ1) is 22.3. The van der Waals surface area contributed by atoms with Crippen LogP contribution >= 0.6 is 11.6 Å². The molecular weight excluding hydrogens is 600 g/mol. The SMILES string of the molecule is CC(C)N1C[C@H]1C(=O)N1CCN(c2nc(OC[C@@H]3CCCN3C)nc3c2CCN(c2cccc4cccc(Cl)c24)C3)C[C@@H]1CC#N. The van der Waals surface area contributed by atoms with Crippen molar-refractivity contribution in [1.29, 1.82) is 5.26 Å². The Morgan fingerprint density at radius 3 is 2.63 bits per heavy atom. The molecule has 0 saturated carbocycles. The van der Waals surface area contributed by atoms with Crippen LogP contribution in [0.25, 0.3) is 10.8 Å². The molecule has 0 N–H and O–H groups in total. The number of carbonyl (C=O) groups is 1. The Bertz CT molecular complexity index is 1650. The fraction of sp³-hybridized carbons (Fsp3) is 0.543. The van der Waals surface area contributed by atoms with Crippen LogP contribution in [-0.2, 0) is 17.8 Å². The van der Waals surface area contributed by atoms with Crippen LogP contribution < -0.4 is 14.5 Å². The number of hydrogen-bond donors (Lipinski definition) is 0. The highest BCUT2D eigenvalue weighted by Gasteiger charge is 2.46. The number of rotatable bonds is 8. The van der Waals surface area contributed by atoms with Gasteiger partial charge in [-0.05, 0) is 64.2 Å². The number of amides is 1. The lowest BCUT2D eigenvalue weighted by Gasteiger charge is -2.42. The number of hydrogen-bond acceptors (Lipinski definition) is 9. The lowest BCUT2D eigenvalue weighted by atomic mass is 10.0. The van der Waals surface area contributed by atoms with E-state index in [1.165, 1.54) is 6.42 Å². The summed E-state index contributed by atoms with van der Waals surface area (Å²) in [5.74, 6) is 1.02. The van der Waals surface area contributed by atoms with Crippen LogP contribution in [0.4, 0.5) is 11.5 Å². The number of ether oxygens (including phenoxy) is 1. The maximum atomic E-state index is 13.5. The summed E-state index contributed by atoms with van der Waals surface area (Å²) in [6.07, 6.45) is 3.33. The molecule has 46 heavy (non-hydrogen) atoms. The number of likely N-dealkylation sites (N-methyl/N-ethyl adjacent to an activating group) is 1. The van der Waals surface area contributed by atoms with E-state index in [2.05, 4.69) is 70.8 Å². The molecule has 10 nitrogen and oxygen atoms in total. The van der Waals surface area contributed by atoms with Crippen LogP contribution in [0.1, 0.15) is 44.4 Å². The Labute approximate surface area is 276 Å². The minimum atomic E-state index is -0.194. The molecule has 242 valence electrons. The maximum absolute atomic E-state index is 13.5. The van der Waals surface area contributed by atoms with Crippen molar-refractivity contribution in [3.8, 4) is 12.1 Å². The molecule has 4 atom stereocenters. The first-order valence-corrected chi connectivity index (χ1v) is 17.0. The molecule has 0 bridgehead atoms.